The quantitative estimate of drug-likeness (QED) is 0.934. The van der Waals surface area contributed by atoms with E-state index in [0.29, 0.717) is 11.3 Å². The van der Waals surface area contributed by atoms with Crippen molar-refractivity contribution in [3.63, 3.8) is 0 Å². The molecular weight excluding hydrogens is 260 g/mol. The molecule has 1 heterocycles. The second-order valence-corrected chi connectivity index (χ2v) is 5.25. The highest BCUT2D eigenvalue weighted by Gasteiger charge is 2.16. The smallest absolute Gasteiger partial charge is 0.255 e. The lowest BCUT2D eigenvalue weighted by atomic mass is 10.1. The number of thiazole rings is 1. The minimum Gasteiger partial charge on any atom is -0.496 e. The number of hydrogen-bond acceptors (Lipinski definition) is 4. The number of methoxy groups -OCH3 is 1. The maximum Gasteiger partial charge on any atom is 0.255 e. The van der Waals surface area contributed by atoms with Crippen LogP contribution in [-0.2, 0) is 0 Å². The van der Waals surface area contributed by atoms with Crippen molar-refractivity contribution in [3.05, 3.63) is 45.9 Å². The molecule has 0 radical (unpaired) electrons. The Balaban J connectivity index is 2.12. The molecule has 1 aromatic carbocycles. The molecule has 5 heteroatoms. The molecule has 0 spiro atoms. The van der Waals surface area contributed by atoms with Crippen molar-refractivity contribution in [3.8, 4) is 5.75 Å². The Morgan fingerprint density at radius 2 is 2.16 bits per heavy atom. The largest absolute Gasteiger partial charge is 0.496 e. The van der Waals surface area contributed by atoms with E-state index in [1.807, 2.05) is 31.4 Å². The lowest BCUT2D eigenvalue weighted by Crippen LogP contribution is -2.27. The number of carbonyl (C=O) groups is 1. The standard InChI is InChI=1S/C14H16N2O2S/c1-9(12-8-19-10(2)16-12)15-14(17)11-6-4-5-7-13(11)18-3/h4-9H,1-3H3,(H,15,17). The predicted octanol–water partition coefficient (Wildman–Crippen LogP) is 2.95. The number of nitrogens with one attached hydrogen (secondary N) is 1. The van der Waals surface area contributed by atoms with Crippen molar-refractivity contribution in [1.29, 1.82) is 0 Å². The molecule has 1 atom stereocenters. The highest BCUT2D eigenvalue weighted by molar-refractivity contribution is 7.09. The lowest BCUT2D eigenvalue weighted by Gasteiger charge is -2.13. The van der Waals surface area contributed by atoms with Crippen LogP contribution in [0.2, 0.25) is 0 Å². The van der Waals surface area contributed by atoms with Crippen LogP contribution in [-0.4, -0.2) is 18.0 Å². The molecule has 0 aliphatic heterocycles. The van der Waals surface area contributed by atoms with Gasteiger partial charge in [0, 0.05) is 5.38 Å². The van der Waals surface area contributed by atoms with Gasteiger partial charge < -0.3 is 10.1 Å². The number of aryl methyl sites for hydroxylation is 1. The van der Waals surface area contributed by atoms with E-state index in [2.05, 4.69) is 10.3 Å². The Morgan fingerprint density at radius 1 is 1.42 bits per heavy atom. The summed E-state index contributed by atoms with van der Waals surface area (Å²) < 4.78 is 5.18. The summed E-state index contributed by atoms with van der Waals surface area (Å²) in [7, 11) is 1.55. The molecule has 0 bridgehead atoms. The third kappa shape index (κ3) is 3.12. The van der Waals surface area contributed by atoms with Gasteiger partial charge in [-0.3, -0.25) is 4.79 Å². The minimum absolute atomic E-state index is 0.123. The van der Waals surface area contributed by atoms with Crippen molar-refractivity contribution >= 4 is 17.2 Å². The summed E-state index contributed by atoms with van der Waals surface area (Å²) in [6, 6.07) is 7.04. The lowest BCUT2D eigenvalue weighted by molar-refractivity contribution is 0.0936. The van der Waals surface area contributed by atoms with Crippen LogP contribution in [0.1, 0.15) is 34.0 Å². The Hall–Kier alpha value is -1.88. The molecule has 1 amide bonds. The molecule has 19 heavy (non-hydrogen) atoms. The van der Waals surface area contributed by atoms with E-state index in [9.17, 15) is 4.79 Å². The molecule has 100 valence electrons. The van der Waals surface area contributed by atoms with Crippen LogP contribution < -0.4 is 10.1 Å². The van der Waals surface area contributed by atoms with Crippen LogP contribution >= 0.6 is 11.3 Å². The van der Waals surface area contributed by atoms with E-state index < -0.39 is 0 Å². The average Bonchev–Trinajstić information content (AvgIpc) is 2.85. The number of nitrogens with zero attached hydrogens (tertiary/aromatic N) is 1. The topological polar surface area (TPSA) is 51.2 Å². The van der Waals surface area contributed by atoms with E-state index in [0.717, 1.165) is 10.7 Å². The van der Waals surface area contributed by atoms with Gasteiger partial charge in [0.15, 0.2) is 0 Å². The summed E-state index contributed by atoms with van der Waals surface area (Å²) in [5, 5.41) is 5.88. The van der Waals surface area contributed by atoms with E-state index in [1.54, 1.807) is 30.6 Å². The maximum absolute atomic E-state index is 12.2. The van der Waals surface area contributed by atoms with Crippen LogP contribution in [0.15, 0.2) is 29.6 Å². The minimum atomic E-state index is -0.157. The molecule has 2 aromatic rings. The summed E-state index contributed by atoms with van der Waals surface area (Å²) in [5.41, 5.74) is 1.41. The number of carbonyl (C=O) groups excluding carboxylic acids is 1. The Bertz CT molecular complexity index is 580. The Morgan fingerprint density at radius 3 is 2.79 bits per heavy atom. The molecule has 0 saturated heterocycles. The van der Waals surface area contributed by atoms with Crippen LogP contribution in [0, 0.1) is 6.92 Å². The molecule has 1 N–H and O–H groups in total. The van der Waals surface area contributed by atoms with Crippen LogP contribution in [0.3, 0.4) is 0 Å². The number of rotatable bonds is 4. The van der Waals surface area contributed by atoms with Gasteiger partial charge in [0.1, 0.15) is 5.75 Å². The number of para-hydroxylation sites is 1. The fraction of sp³-hybridized carbons (Fsp3) is 0.286. The van der Waals surface area contributed by atoms with Crippen molar-refractivity contribution in [2.75, 3.05) is 7.11 Å². The summed E-state index contributed by atoms with van der Waals surface area (Å²) >= 11 is 1.58. The maximum atomic E-state index is 12.2. The summed E-state index contributed by atoms with van der Waals surface area (Å²) in [6.45, 7) is 3.87. The fourth-order valence-corrected chi connectivity index (χ4v) is 2.47. The second kappa shape index (κ2) is 5.84. The van der Waals surface area contributed by atoms with Gasteiger partial charge in [-0.05, 0) is 26.0 Å². The monoisotopic (exact) mass is 276 g/mol. The zero-order chi connectivity index (χ0) is 13.8. The van der Waals surface area contributed by atoms with Crippen molar-refractivity contribution < 1.29 is 9.53 Å². The third-order valence-corrected chi connectivity index (χ3v) is 3.57. The van der Waals surface area contributed by atoms with Crippen molar-refractivity contribution in [2.24, 2.45) is 0 Å². The van der Waals surface area contributed by atoms with E-state index in [-0.39, 0.29) is 11.9 Å². The Labute approximate surface area is 116 Å². The summed E-state index contributed by atoms with van der Waals surface area (Å²) in [6.07, 6.45) is 0. The normalized spacial score (nSPS) is 11.9. The van der Waals surface area contributed by atoms with Gasteiger partial charge >= 0.3 is 0 Å². The molecule has 0 aliphatic rings. The van der Waals surface area contributed by atoms with Gasteiger partial charge in [0.05, 0.1) is 29.4 Å². The zero-order valence-electron chi connectivity index (χ0n) is 11.1. The number of hydrogen-bond donors (Lipinski definition) is 1. The first-order valence-corrected chi connectivity index (χ1v) is 6.85. The molecule has 4 nitrogen and oxygen atoms in total. The van der Waals surface area contributed by atoms with E-state index in [1.165, 1.54) is 0 Å². The number of aromatic nitrogens is 1. The SMILES string of the molecule is COc1ccccc1C(=O)NC(C)c1csc(C)n1. The van der Waals surface area contributed by atoms with E-state index >= 15 is 0 Å². The molecule has 0 aliphatic carbocycles. The van der Waals surface area contributed by atoms with Crippen LogP contribution in [0.25, 0.3) is 0 Å². The van der Waals surface area contributed by atoms with E-state index in [4.69, 9.17) is 4.74 Å². The average molecular weight is 276 g/mol. The molecule has 0 saturated carbocycles. The van der Waals surface area contributed by atoms with Gasteiger partial charge in [-0.25, -0.2) is 4.98 Å². The fourth-order valence-electron chi connectivity index (χ4n) is 1.76. The number of amides is 1. The van der Waals surface area contributed by atoms with Crippen molar-refractivity contribution in [1.82, 2.24) is 10.3 Å². The second-order valence-electron chi connectivity index (χ2n) is 4.19. The van der Waals surface area contributed by atoms with Gasteiger partial charge in [-0.15, -0.1) is 11.3 Å². The first-order chi connectivity index (χ1) is 9.11. The summed E-state index contributed by atoms with van der Waals surface area (Å²) in [5.74, 6) is 0.414. The van der Waals surface area contributed by atoms with Gasteiger partial charge in [0.2, 0.25) is 0 Å². The molecular formula is C14H16N2O2S. The highest BCUT2D eigenvalue weighted by atomic mass is 32.1. The first-order valence-electron chi connectivity index (χ1n) is 5.97. The van der Waals surface area contributed by atoms with Gasteiger partial charge in [-0.1, -0.05) is 12.1 Å². The molecule has 2 rings (SSSR count). The molecule has 1 aromatic heterocycles. The molecule has 1 unspecified atom stereocenters. The number of benzene rings is 1. The highest BCUT2D eigenvalue weighted by Crippen LogP contribution is 2.20. The van der Waals surface area contributed by atoms with Crippen molar-refractivity contribution in [2.45, 2.75) is 19.9 Å². The zero-order valence-corrected chi connectivity index (χ0v) is 12.0. The van der Waals surface area contributed by atoms with Crippen LogP contribution in [0.5, 0.6) is 5.75 Å². The Kier molecular flexibility index (Phi) is 4.16. The van der Waals surface area contributed by atoms with Gasteiger partial charge in [-0.2, -0.15) is 0 Å². The first kappa shape index (κ1) is 13.5. The summed E-state index contributed by atoms with van der Waals surface area (Å²) in [4.78, 5) is 16.6. The third-order valence-electron chi connectivity index (χ3n) is 2.78. The molecule has 0 fully saturated rings. The van der Waals surface area contributed by atoms with Crippen LogP contribution in [0.4, 0.5) is 0 Å². The predicted molar refractivity (Wildman–Crippen MR) is 75.7 cm³/mol. The number of ether oxygens (including phenoxy) is 1. The van der Waals surface area contributed by atoms with Gasteiger partial charge in [0.25, 0.3) is 5.91 Å².